The Balaban J connectivity index is 1.27. The summed E-state index contributed by atoms with van der Waals surface area (Å²) in [5.41, 5.74) is 0.908. The van der Waals surface area contributed by atoms with Crippen LogP contribution >= 0.6 is 10.9 Å². The summed E-state index contributed by atoms with van der Waals surface area (Å²) in [6.45, 7) is 0. The van der Waals surface area contributed by atoms with E-state index in [-0.39, 0.29) is 6.42 Å². The average molecular weight is 551 g/mol. The lowest BCUT2D eigenvalue weighted by atomic mass is 9.49. The molecule has 0 amide bonds. The number of hydrogen-bond donors (Lipinski definition) is 2. The second-order valence-corrected chi connectivity index (χ2v) is 15.1. The molecule has 4 aliphatic rings. The summed E-state index contributed by atoms with van der Waals surface area (Å²) >= 11 is 0. The molecule has 38 heavy (non-hydrogen) atoms. The number of benzene rings is 3. The smallest absolute Gasteiger partial charge is 0.307 e. The van der Waals surface area contributed by atoms with Crippen molar-refractivity contribution in [2.24, 2.45) is 17.8 Å². The average Bonchev–Trinajstić information content (AvgIpc) is 2.88. The first-order valence-corrected chi connectivity index (χ1v) is 16.4. The van der Waals surface area contributed by atoms with Gasteiger partial charge >= 0.3 is 5.97 Å². The highest BCUT2D eigenvalue weighted by atomic mass is 32.2. The van der Waals surface area contributed by atoms with Crippen LogP contribution in [0.1, 0.15) is 50.0 Å². The van der Waals surface area contributed by atoms with Crippen LogP contribution in [0.2, 0.25) is 0 Å². The molecule has 0 spiro atoms. The fourth-order valence-electron chi connectivity index (χ4n) is 7.60. The Morgan fingerprint density at radius 3 is 2.00 bits per heavy atom. The van der Waals surface area contributed by atoms with Crippen molar-refractivity contribution in [2.75, 3.05) is 5.75 Å². The summed E-state index contributed by atoms with van der Waals surface area (Å²) in [5.74, 6) is 0.793. The van der Waals surface area contributed by atoms with Crippen LogP contribution in [0.15, 0.2) is 99.6 Å². The van der Waals surface area contributed by atoms with Crippen LogP contribution in [0.3, 0.4) is 0 Å². The van der Waals surface area contributed by atoms with Gasteiger partial charge in [-0.3, -0.25) is 9.35 Å². The van der Waals surface area contributed by atoms with Crippen LogP contribution in [-0.4, -0.2) is 30.3 Å². The van der Waals surface area contributed by atoms with E-state index in [0.29, 0.717) is 23.7 Å². The molecule has 7 heteroatoms. The molecule has 4 bridgehead atoms. The van der Waals surface area contributed by atoms with Gasteiger partial charge in [-0.1, -0.05) is 48.5 Å². The molecule has 3 aromatic rings. The molecule has 0 aliphatic heterocycles. The minimum atomic E-state index is -4.18. The number of esters is 1. The standard InChI is InChI=1S/C31H34O5S2/c32-29(14-15-38(33,34)35)36-31-19-22-16-24(20-31)30(25(17-22)21-31)23-8-7-13-28(18-23)37(26-9-3-1-4-10-26)27-11-5-2-6-12-27/h1-13,18,22,24-25,30,37H,14-17,19-21H2,(H,33,34,35). The van der Waals surface area contributed by atoms with Crippen molar-refractivity contribution < 1.29 is 22.5 Å². The molecule has 0 radical (unpaired) electrons. The van der Waals surface area contributed by atoms with Crippen molar-refractivity contribution >= 4 is 27.0 Å². The third-order valence-electron chi connectivity index (χ3n) is 8.65. The third kappa shape index (κ3) is 5.29. The molecule has 4 saturated carbocycles. The highest BCUT2D eigenvalue weighted by Crippen LogP contribution is 2.63. The van der Waals surface area contributed by atoms with Gasteiger partial charge in [0.2, 0.25) is 0 Å². The molecule has 2 unspecified atom stereocenters. The van der Waals surface area contributed by atoms with E-state index in [0.717, 1.165) is 32.1 Å². The lowest BCUT2D eigenvalue weighted by molar-refractivity contribution is -0.189. The van der Waals surface area contributed by atoms with E-state index in [1.54, 1.807) is 0 Å². The summed E-state index contributed by atoms with van der Waals surface area (Å²) < 4.78 is 37.2. The number of carbonyl (C=O) groups is 1. The van der Waals surface area contributed by atoms with Crippen LogP contribution in [0.25, 0.3) is 0 Å². The number of thiol groups is 1. The van der Waals surface area contributed by atoms with Crippen LogP contribution in [0, 0.1) is 17.8 Å². The van der Waals surface area contributed by atoms with E-state index >= 15 is 0 Å². The van der Waals surface area contributed by atoms with Crippen molar-refractivity contribution in [3.8, 4) is 0 Å². The molecule has 5 nitrogen and oxygen atoms in total. The van der Waals surface area contributed by atoms with Crippen molar-refractivity contribution in [3.05, 3.63) is 90.5 Å². The first-order chi connectivity index (χ1) is 18.3. The van der Waals surface area contributed by atoms with E-state index in [4.69, 9.17) is 9.29 Å². The van der Waals surface area contributed by atoms with Gasteiger partial charge in [-0.15, -0.1) is 0 Å². The lowest BCUT2D eigenvalue weighted by Crippen LogP contribution is -2.55. The monoisotopic (exact) mass is 550 g/mol. The predicted octanol–water partition coefficient (Wildman–Crippen LogP) is 6.65. The van der Waals surface area contributed by atoms with Crippen LogP contribution in [0.4, 0.5) is 0 Å². The molecule has 7 rings (SSSR count). The molecule has 0 saturated heterocycles. The fourth-order valence-corrected chi connectivity index (χ4v) is 10.4. The molecular weight excluding hydrogens is 516 g/mol. The lowest BCUT2D eigenvalue weighted by Gasteiger charge is -2.59. The minimum Gasteiger partial charge on any atom is -0.459 e. The van der Waals surface area contributed by atoms with Gasteiger partial charge < -0.3 is 4.74 Å². The molecule has 0 aromatic heterocycles. The van der Waals surface area contributed by atoms with E-state index in [9.17, 15) is 13.2 Å². The first-order valence-electron chi connectivity index (χ1n) is 13.5. The number of rotatable bonds is 8. The zero-order valence-corrected chi connectivity index (χ0v) is 23.0. The van der Waals surface area contributed by atoms with Gasteiger partial charge in [-0.2, -0.15) is 19.3 Å². The summed E-state index contributed by atoms with van der Waals surface area (Å²) in [6.07, 6.45) is 4.55. The maximum atomic E-state index is 12.5. The summed E-state index contributed by atoms with van der Waals surface area (Å²) in [7, 11) is -4.85. The number of hydrogen-bond acceptors (Lipinski definition) is 4. The third-order valence-corrected chi connectivity index (χ3v) is 11.8. The van der Waals surface area contributed by atoms with Crippen LogP contribution < -0.4 is 0 Å². The zero-order chi connectivity index (χ0) is 26.3. The van der Waals surface area contributed by atoms with Gasteiger partial charge in [0.1, 0.15) is 5.60 Å². The molecule has 1 N–H and O–H groups in total. The topological polar surface area (TPSA) is 80.7 Å². The number of carbonyl (C=O) groups excluding carboxylic acids is 1. The second-order valence-electron chi connectivity index (χ2n) is 11.3. The molecule has 0 heterocycles. The van der Waals surface area contributed by atoms with E-state index in [2.05, 4.69) is 84.9 Å². The largest absolute Gasteiger partial charge is 0.459 e. The zero-order valence-electron chi connectivity index (χ0n) is 21.3. The predicted molar refractivity (Wildman–Crippen MR) is 149 cm³/mol. The van der Waals surface area contributed by atoms with Gasteiger partial charge in [0, 0.05) is 0 Å². The molecule has 2 atom stereocenters. The summed E-state index contributed by atoms with van der Waals surface area (Å²) in [4.78, 5) is 16.6. The van der Waals surface area contributed by atoms with E-state index in [1.807, 2.05) is 0 Å². The molecular formula is C31H34O5S2. The SMILES string of the molecule is O=C(CCS(=O)(=O)O)OC12CC3CC(C1)C(c1cccc([SH](c4ccccc4)c4ccccc4)c1)C(C3)C2. The summed E-state index contributed by atoms with van der Waals surface area (Å²) in [6, 6.07) is 30.7. The Morgan fingerprint density at radius 1 is 0.842 bits per heavy atom. The quantitative estimate of drug-likeness (QED) is 0.187. The fraction of sp³-hybridized carbons (Fsp3) is 0.387. The second kappa shape index (κ2) is 10.2. The maximum Gasteiger partial charge on any atom is 0.307 e. The van der Waals surface area contributed by atoms with Crippen molar-refractivity contribution in [1.82, 2.24) is 0 Å². The van der Waals surface area contributed by atoms with Crippen molar-refractivity contribution in [2.45, 2.75) is 64.7 Å². The normalized spacial score (nSPS) is 28.2. The highest BCUT2D eigenvalue weighted by molar-refractivity contribution is 8.17. The Morgan fingerprint density at radius 2 is 1.42 bits per heavy atom. The highest BCUT2D eigenvalue weighted by Gasteiger charge is 2.57. The van der Waals surface area contributed by atoms with Crippen molar-refractivity contribution in [1.29, 1.82) is 0 Å². The van der Waals surface area contributed by atoms with Gasteiger partial charge in [0.05, 0.1) is 12.2 Å². The van der Waals surface area contributed by atoms with Gasteiger partial charge in [0.15, 0.2) is 0 Å². The van der Waals surface area contributed by atoms with Crippen molar-refractivity contribution in [3.63, 3.8) is 0 Å². The Kier molecular flexibility index (Phi) is 6.87. The van der Waals surface area contributed by atoms with Gasteiger partial charge in [-0.05, 0) is 112 Å². The van der Waals surface area contributed by atoms with Crippen LogP contribution in [-0.2, 0) is 19.6 Å². The van der Waals surface area contributed by atoms with Gasteiger partial charge in [0.25, 0.3) is 10.1 Å². The van der Waals surface area contributed by atoms with E-state index in [1.165, 1.54) is 20.2 Å². The number of ether oxygens (including phenoxy) is 1. The Bertz CT molecular complexity index is 1350. The van der Waals surface area contributed by atoms with Crippen LogP contribution in [0.5, 0.6) is 0 Å². The maximum absolute atomic E-state index is 12.5. The first kappa shape index (κ1) is 25.7. The Hall–Kier alpha value is -2.61. The van der Waals surface area contributed by atoms with Gasteiger partial charge in [-0.25, -0.2) is 0 Å². The molecule has 200 valence electrons. The molecule has 3 aromatic carbocycles. The molecule has 4 aliphatic carbocycles. The molecule has 4 fully saturated rings. The summed E-state index contributed by atoms with van der Waals surface area (Å²) in [5, 5.41) is 0. The minimum absolute atomic E-state index is 0.297. The Labute approximate surface area is 227 Å². The van der Waals surface area contributed by atoms with E-state index < -0.39 is 38.3 Å².